The maximum atomic E-state index is 12.3. The summed E-state index contributed by atoms with van der Waals surface area (Å²) in [5, 5.41) is 14.5. The van der Waals surface area contributed by atoms with Gasteiger partial charge in [0.25, 0.3) is 0 Å². The number of aromatic nitrogens is 5. The first-order valence-corrected chi connectivity index (χ1v) is 8.87. The minimum absolute atomic E-state index is 0.0414. The van der Waals surface area contributed by atoms with Crippen molar-refractivity contribution in [3.05, 3.63) is 64.6 Å². The topological polar surface area (TPSA) is 94.9 Å². The number of aryl methyl sites for hydroxylation is 3. The van der Waals surface area contributed by atoms with Gasteiger partial charge in [-0.05, 0) is 43.7 Å². The molecule has 0 aliphatic rings. The Balaban J connectivity index is 1.86. The van der Waals surface area contributed by atoms with Crippen LogP contribution >= 0.6 is 0 Å². The highest BCUT2D eigenvalue weighted by atomic mass is 16.4. The van der Waals surface area contributed by atoms with Crippen molar-refractivity contribution in [2.75, 3.05) is 0 Å². The van der Waals surface area contributed by atoms with Gasteiger partial charge in [-0.2, -0.15) is 5.10 Å². The van der Waals surface area contributed by atoms with E-state index in [1.165, 1.54) is 10.9 Å². The van der Waals surface area contributed by atoms with E-state index in [1.807, 2.05) is 47.9 Å². The van der Waals surface area contributed by atoms with E-state index in [-0.39, 0.29) is 11.4 Å². The summed E-state index contributed by atoms with van der Waals surface area (Å²) in [6.07, 6.45) is 1.51. The molecule has 0 spiro atoms. The van der Waals surface area contributed by atoms with Gasteiger partial charge >= 0.3 is 11.7 Å². The van der Waals surface area contributed by atoms with Crippen LogP contribution in [0.3, 0.4) is 0 Å². The molecule has 1 N–H and O–H groups in total. The predicted molar refractivity (Wildman–Crippen MR) is 105 cm³/mol. The van der Waals surface area contributed by atoms with Crippen LogP contribution in [-0.2, 0) is 13.6 Å². The number of carbonyl (C=O) groups is 1. The lowest BCUT2D eigenvalue weighted by molar-refractivity contribution is 0.0692. The quantitative estimate of drug-likeness (QED) is 0.590. The van der Waals surface area contributed by atoms with Crippen LogP contribution in [0.15, 0.2) is 47.4 Å². The van der Waals surface area contributed by atoms with Crippen molar-refractivity contribution in [2.24, 2.45) is 7.05 Å². The molecule has 8 nitrogen and oxygen atoms in total. The van der Waals surface area contributed by atoms with Gasteiger partial charge in [0.2, 0.25) is 0 Å². The number of rotatable bonds is 4. The molecule has 0 amide bonds. The Morgan fingerprint density at radius 2 is 1.89 bits per heavy atom. The molecule has 0 saturated heterocycles. The number of aromatic carboxylic acids is 1. The molecule has 0 unspecified atom stereocenters. The molecule has 0 atom stereocenters. The van der Waals surface area contributed by atoms with Crippen LogP contribution in [0, 0.1) is 6.92 Å². The van der Waals surface area contributed by atoms with Crippen molar-refractivity contribution < 1.29 is 9.90 Å². The highest BCUT2D eigenvalue weighted by molar-refractivity contribution is 6.02. The number of hydrogen-bond acceptors (Lipinski definition) is 4. The second-order valence-corrected chi connectivity index (χ2v) is 6.51. The third-order valence-electron chi connectivity index (χ3n) is 4.83. The van der Waals surface area contributed by atoms with Crippen LogP contribution in [0.5, 0.6) is 0 Å². The highest BCUT2D eigenvalue weighted by Crippen LogP contribution is 2.30. The first kappa shape index (κ1) is 17.7. The van der Waals surface area contributed by atoms with Crippen LogP contribution in [-0.4, -0.2) is 35.0 Å². The van der Waals surface area contributed by atoms with Crippen LogP contribution in [0.4, 0.5) is 0 Å². The van der Waals surface area contributed by atoms with E-state index in [0.717, 1.165) is 22.3 Å². The van der Waals surface area contributed by atoms with E-state index in [2.05, 4.69) is 10.1 Å². The second-order valence-electron chi connectivity index (χ2n) is 6.51. The maximum Gasteiger partial charge on any atom is 0.356 e. The van der Waals surface area contributed by atoms with Crippen molar-refractivity contribution in [3.8, 4) is 16.9 Å². The van der Waals surface area contributed by atoms with Crippen LogP contribution in [0.25, 0.3) is 27.8 Å². The summed E-state index contributed by atoms with van der Waals surface area (Å²) in [6.45, 7) is 4.35. The molecule has 4 aromatic rings. The summed E-state index contributed by atoms with van der Waals surface area (Å²) in [5.74, 6) is -0.438. The van der Waals surface area contributed by atoms with E-state index < -0.39 is 5.97 Å². The molecular formula is C20H19N5O3. The fraction of sp³-hybridized carbons (Fsp3) is 0.200. The Labute approximate surface area is 160 Å². The van der Waals surface area contributed by atoms with E-state index in [9.17, 15) is 14.7 Å². The average molecular weight is 377 g/mol. The zero-order valence-electron chi connectivity index (χ0n) is 15.7. The molecule has 0 bridgehead atoms. The van der Waals surface area contributed by atoms with E-state index in [0.29, 0.717) is 17.9 Å². The minimum atomic E-state index is -1.05. The van der Waals surface area contributed by atoms with Gasteiger partial charge in [0.1, 0.15) is 5.82 Å². The maximum absolute atomic E-state index is 12.3. The van der Waals surface area contributed by atoms with Crippen LogP contribution < -0.4 is 5.69 Å². The summed E-state index contributed by atoms with van der Waals surface area (Å²) in [6, 6.07) is 11.3. The Bertz CT molecular complexity index is 1260. The summed E-state index contributed by atoms with van der Waals surface area (Å²) < 4.78 is 4.80. The van der Waals surface area contributed by atoms with Crippen molar-refractivity contribution in [3.63, 3.8) is 0 Å². The van der Waals surface area contributed by atoms with Gasteiger partial charge in [-0.25, -0.2) is 23.8 Å². The zero-order valence-corrected chi connectivity index (χ0v) is 15.7. The fourth-order valence-corrected chi connectivity index (χ4v) is 3.61. The molecule has 0 fully saturated rings. The number of carboxylic acid groups (broad SMARTS) is 1. The van der Waals surface area contributed by atoms with Crippen molar-refractivity contribution in [1.82, 2.24) is 23.9 Å². The Hall–Kier alpha value is -3.68. The molecule has 1 aromatic carbocycles. The molecule has 8 heteroatoms. The van der Waals surface area contributed by atoms with Crippen molar-refractivity contribution in [1.29, 1.82) is 0 Å². The van der Waals surface area contributed by atoms with E-state index in [1.54, 1.807) is 18.5 Å². The van der Waals surface area contributed by atoms with Crippen LogP contribution in [0.1, 0.15) is 23.2 Å². The summed E-state index contributed by atoms with van der Waals surface area (Å²) in [7, 11) is 1.62. The number of carboxylic acids is 1. The molecule has 0 saturated carbocycles. The fourth-order valence-electron chi connectivity index (χ4n) is 3.61. The Morgan fingerprint density at radius 3 is 2.46 bits per heavy atom. The predicted octanol–water partition coefficient (Wildman–Crippen LogP) is 2.61. The molecule has 0 aliphatic heterocycles. The minimum Gasteiger partial charge on any atom is -0.476 e. The normalized spacial score (nSPS) is 11.2. The van der Waals surface area contributed by atoms with Crippen molar-refractivity contribution in [2.45, 2.75) is 20.4 Å². The first-order chi connectivity index (χ1) is 13.4. The lowest BCUT2D eigenvalue weighted by atomic mass is 10.1. The van der Waals surface area contributed by atoms with Crippen LogP contribution in [0.2, 0.25) is 0 Å². The van der Waals surface area contributed by atoms with Gasteiger partial charge < -0.3 is 9.67 Å². The third kappa shape index (κ3) is 2.61. The summed E-state index contributed by atoms with van der Waals surface area (Å²) in [4.78, 5) is 27.9. The number of hydrogen-bond donors (Lipinski definition) is 1. The molecule has 4 rings (SSSR count). The average Bonchev–Trinajstić information content (AvgIpc) is 3.18. The van der Waals surface area contributed by atoms with Gasteiger partial charge in [0.05, 0.1) is 11.2 Å². The van der Waals surface area contributed by atoms with Gasteiger partial charge in [-0.3, -0.25) is 0 Å². The number of nitrogens with zero attached hydrogens (tertiary/aromatic N) is 5. The van der Waals surface area contributed by atoms with Gasteiger partial charge in [0, 0.05) is 30.9 Å². The number of pyridine rings is 1. The monoisotopic (exact) mass is 377 g/mol. The number of benzene rings is 1. The van der Waals surface area contributed by atoms with E-state index in [4.69, 9.17) is 0 Å². The van der Waals surface area contributed by atoms with Gasteiger partial charge in [-0.1, -0.05) is 12.1 Å². The van der Waals surface area contributed by atoms with E-state index >= 15 is 0 Å². The van der Waals surface area contributed by atoms with Gasteiger partial charge in [-0.15, -0.1) is 0 Å². The number of fused-ring (bicyclic) bond motifs is 1. The molecule has 28 heavy (non-hydrogen) atoms. The molecule has 0 aliphatic carbocycles. The second kappa shape index (κ2) is 6.49. The third-order valence-corrected chi connectivity index (χ3v) is 4.83. The SMILES string of the molecule is CCn1c(-c2ccc(-n3c(C)nn(C)c3=O)cc2)cc2ccnc(C(=O)O)c21. The molecule has 3 heterocycles. The molecule has 0 radical (unpaired) electrons. The standard InChI is InChI=1S/C20H19N5O3/c1-4-24-16(11-14-9-10-21-17(18(14)24)19(26)27)13-5-7-15(8-6-13)25-12(2)22-23(3)20(25)28/h5-11H,4H2,1-3H3,(H,26,27). The first-order valence-electron chi connectivity index (χ1n) is 8.87. The van der Waals surface area contributed by atoms with Gasteiger partial charge in [0.15, 0.2) is 5.69 Å². The largest absolute Gasteiger partial charge is 0.476 e. The zero-order chi connectivity index (χ0) is 20.0. The lowest BCUT2D eigenvalue weighted by Crippen LogP contribution is -2.21. The molecular weight excluding hydrogens is 358 g/mol. The smallest absolute Gasteiger partial charge is 0.356 e. The van der Waals surface area contributed by atoms with Crippen molar-refractivity contribution >= 4 is 16.9 Å². The summed E-state index contributed by atoms with van der Waals surface area (Å²) >= 11 is 0. The molecule has 142 valence electrons. The molecule has 3 aromatic heterocycles. The Morgan fingerprint density at radius 1 is 1.18 bits per heavy atom. The highest BCUT2D eigenvalue weighted by Gasteiger charge is 2.18. The Kier molecular flexibility index (Phi) is 4.11. The lowest BCUT2D eigenvalue weighted by Gasteiger charge is -2.10. The summed E-state index contributed by atoms with van der Waals surface area (Å²) in [5.41, 5.74) is 3.00.